The maximum absolute atomic E-state index is 12.6. The molecule has 296 valence electrons. The Balaban J connectivity index is 4.35. The van der Waals surface area contributed by atoms with Crippen LogP contribution in [0.1, 0.15) is 194 Å². The standard InChI is InChI=1S/C38H74NO10P/c1-3-5-7-9-11-13-15-16-17-18-19-20-22-24-26-28-30-37(41)49-34(32-47-50(44,45)48-33-35(39)38(42)43)31-46-36(40)29-27-25-23-21-14-12-10-8-6-4-2/h34-35H,3-33,39H2,1-2H3,(H,42,43)(H,44,45). The average molecular weight is 736 g/mol. The Morgan fingerprint density at radius 2 is 0.880 bits per heavy atom. The molecule has 50 heavy (non-hydrogen) atoms. The molecule has 0 aliphatic carbocycles. The van der Waals surface area contributed by atoms with Crippen molar-refractivity contribution in [3.8, 4) is 0 Å². The Morgan fingerprint density at radius 1 is 0.540 bits per heavy atom. The summed E-state index contributed by atoms with van der Waals surface area (Å²) in [4.78, 5) is 45.7. The number of hydrogen-bond acceptors (Lipinski definition) is 9. The van der Waals surface area contributed by atoms with Crippen LogP contribution in [0.3, 0.4) is 0 Å². The predicted molar refractivity (Wildman–Crippen MR) is 199 cm³/mol. The highest BCUT2D eigenvalue weighted by atomic mass is 31.2. The summed E-state index contributed by atoms with van der Waals surface area (Å²) in [6, 6.07) is -1.51. The largest absolute Gasteiger partial charge is 0.480 e. The van der Waals surface area contributed by atoms with Gasteiger partial charge in [0.25, 0.3) is 0 Å². The molecule has 0 fully saturated rings. The Bertz CT molecular complexity index is 875. The van der Waals surface area contributed by atoms with Crippen LogP contribution in [0.4, 0.5) is 0 Å². The zero-order chi connectivity index (χ0) is 37.1. The van der Waals surface area contributed by atoms with Gasteiger partial charge in [-0.25, -0.2) is 4.57 Å². The Kier molecular flexibility index (Phi) is 33.5. The average Bonchev–Trinajstić information content (AvgIpc) is 3.09. The van der Waals surface area contributed by atoms with Crippen molar-refractivity contribution in [3.63, 3.8) is 0 Å². The van der Waals surface area contributed by atoms with Gasteiger partial charge in [-0.1, -0.05) is 168 Å². The molecule has 0 heterocycles. The molecule has 11 nitrogen and oxygen atoms in total. The summed E-state index contributed by atoms with van der Waals surface area (Å²) in [6.07, 6.45) is 30.3. The minimum Gasteiger partial charge on any atom is -0.480 e. The fourth-order valence-corrected chi connectivity index (χ4v) is 6.43. The monoisotopic (exact) mass is 736 g/mol. The second-order valence-corrected chi connectivity index (χ2v) is 15.2. The van der Waals surface area contributed by atoms with Crippen LogP contribution in [0, 0.1) is 0 Å². The molecular formula is C38H74NO10P. The predicted octanol–water partition coefficient (Wildman–Crippen LogP) is 9.95. The number of esters is 2. The first kappa shape index (κ1) is 48.5. The van der Waals surface area contributed by atoms with Gasteiger partial charge in [0.1, 0.15) is 12.6 Å². The molecule has 0 bridgehead atoms. The molecule has 0 aliphatic heterocycles. The number of nitrogens with two attached hydrogens (primary N) is 1. The summed E-state index contributed by atoms with van der Waals surface area (Å²) in [6.45, 7) is 2.80. The molecular weight excluding hydrogens is 661 g/mol. The van der Waals surface area contributed by atoms with Crippen molar-refractivity contribution in [2.75, 3.05) is 19.8 Å². The van der Waals surface area contributed by atoms with Gasteiger partial charge in [0.05, 0.1) is 13.2 Å². The zero-order valence-electron chi connectivity index (χ0n) is 31.8. The summed E-state index contributed by atoms with van der Waals surface area (Å²) >= 11 is 0. The second kappa shape index (κ2) is 34.6. The molecule has 0 amide bonds. The fourth-order valence-electron chi connectivity index (χ4n) is 5.65. The number of phosphoric ester groups is 1. The van der Waals surface area contributed by atoms with Crippen LogP contribution in [0.2, 0.25) is 0 Å². The molecule has 0 aromatic rings. The fraction of sp³-hybridized carbons (Fsp3) is 0.921. The van der Waals surface area contributed by atoms with Crippen LogP contribution >= 0.6 is 7.82 Å². The molecule has 12 heteroatoms. The molecule has 0 rings (SSSR count). The van der Waals surface area contributed by atoms with Crippen LogP contribution in [0.5, 0.6) is 0 Å². The van der Waals surface area contributed by atoms with Crippen LogP contribution in [-0.2, 0) is 37.5 Å². The SMILES string of the molecule is CCCCCCCCCCCCCCCCCCC(=O)OC(COC(=O)CCCCCCCCCCCC)COP(=O)(O)OCC(N)C(=O)O. The summed E-state index contributed by atoms with van der Waals surface area (Å²) < 4.78 is 32.6. The molecule has 0 aromatic heterocycles. The van der Waals surface area contributed by atoms with Gasteiger partial charge in [-0.2, -0.15) is 0 Å². The van der Waals surface area contributed by atoms with Gasteiger partial charge in [-0.05, 0) is 12.8 Å². The number of ether oxygens (including phenoxy) is 2. The first-order valence-corrected chi connectivity index (χ1v) is 21.6. The van der Waals surface area contributed by atoms with E-state index in [-0.39, 0.29) is 19.4 Å². The molecule has 0 aliphatic rings. The zero-order valence-corrected chi connectivity index (χ0v) is 32.7. The van der Waals surface area contributed by atoms with Gasteiger partial charge >= 0.3 is 25.7 Å². The second-order valence-electron chi connectivity index (χ2n) is 13.8. The van der Waals surface area contributed by atoms with E-state index in [1.807, 2.05) is 0 Å². The molecule has 3 unspecified atom stereocenters. The normalized spacial score (nSPS) is 13.8. The summed E-state index contributed by atoms with van der Waals surface area (Å²) in [5.74, 6) is -2.37. The summed E-state index contributed by atoms with van der Waals surface area (Å²) in [5.41, 5.74) is 5.32. The molecule has 0 radical (unpaired) electrons. The third kappa shape index (κ3) is 33.6. The van der Waals surface area contributed by atoms with Gasteiger partial charge < -0.3 is 25.2 Å². The lowest BCUT2D eigenvalue weighted by molar-refractivity contribution is -0.161. The number of carboxylic acids is 1. The van der Waals surface area contributed by atoms with Crippen LogP contribution in [0.15, 0.2) is 0 Å². The van der Waals surface area contributed by atoms with Crippen LogP contribution < -0.4 is 5.73 Å². The Morgan fingerprint density at radius 3 is 1.26 bits per heavy atom. The number of aliphatic carboxylic acids is 1. The summed E-state index contributed by atoms with van der Waals surface area (Å²) in [7, 11) is -4.70. The number of carbonyl (C=O) groups is 3. The van der Waals surface area contributed by atoms with Crippen molar-refractivity contribution in [1.29, 1.82) is 0 Å². The Hall–Kier alpha value is -1.52. The number of hydrogen-bond donors (Lipinski definition) is 3. The number of carboxylic acid groups (broad SMARTS) is 1. The highest BCUT2D eigenvalue weighted by molar-refractivity contribution is 7.47. The van der Waals surface area contributed by atoms with E-state index < -0.39 is 51.1 Å². The van der Waals surface area contributed by atoms with Crippen molar-refractivity contribution >= 4 is 25.7 Å². The topological polar surface area (TPSA) is 172 Å². The van der Waals surface area contributed by atoms with Crippen molar-refractivity contribution in [2.24, 2.45) is 5.73 Å². The van der Waals surface area contributed by atoms with Gasteiger partial charge in [0.15, 0.2) is 6.10 Å². The van der Waals surface area contributed by atoms with E-state index in [1.165, 1.54) is 116 Å². The van der Waals surface area contributed by atoms with Crippen molar-refractivity contribution in [3.05, 3.63) is 0 Å². The van der Waals surface area contributed by atoms with E-state index in [0.29, 0.717) is 12.8 Å². The highest BCUT2D eigenvalue weighted by Crippen LogP contribution is 2.43. The lowest BCUT2D eigenvalue weighted by atomic mass is 10.0. The minimum atomic E-state index is -4.70. The Labute approximate surface area is 304 Å². The minimum absolute atomic E-state index is 0.169. The van der Waals surface area contributed by atoms with Crippen molar-refractivity contribution < 1.29 is 47.5 Å². The highest BCUT2D eigenvalue weighted by Gasteiger charge is 2.28. The maximum atomic E-state index is 12.6. The number of rotatable bonds is 38. The van der Waals surface area contributed by atoms with E-state index in [4.69, 9.17) is 24.8 Å². The van der Waals surface area contributed by atoms with Gasteiger partial charge in [0.2, 0.25) is 0 Å². The third-order valence-corrected chi connectivity index (χ3v) is 9.81. The number of carbonyl (C=O) groups excluding carboxylic acids is 2. The van der Waals surface area contributed by atoms with Gasteiger partial charge in [-0.3, -0.25) is 23.4 Å². The summed E-state index contributed by atoms with van der Waals surface area (Å²) in [5, 5.41) is 8.86. The van der Waals surface area contributed by atoms with Gasteiger partial charge in [0, 0.05) is 12.8 Å². The van der Waals surface area contributed by atoms with E-state index >= 15 is 0 Å². The van der Waals surface area contributed by atoms with Crippen molar-refractivity contribution in [2.45, 2.75) is 206 Å². The van der Waals surface area contributed by atoms with Crippen LogP contribution in [-0.4, -0.2) is 59.9 Å². The lowest BCUT2D eigenvalue weighted by Crippen LogP contribution is -2.34. The van der Waals surface area contributed by atoms with Gasteiger partial charge in [-0.15, -0.1) is 0 Å². The van der Waals surface area contributed by atoms with E-state index in [2.05, 4.69) is 18.4 Å². The quantitative estimate of drug-likeness (QED) is 0.0313. The molecule has 0 spiro atoms. The number of phosphoric acid groups is 1. The molecule has 4 N–H and O–H groups in total. The molecule has 0 aromatic carbocycles. The first-order chi connectivity index (χ1) is 24.1. The van der Waals surface area contributed by atoms with Crippen LogP contribution in [0.25, 0.3) is 0 Å². The maximum Gasteiger partial charge on any atom is 0.472 e. The molecule has 3 atom stereocenters. The molecule has 0 saturated carbocycles. The van der Waals surface area contributed by atoms with E-state index in [0.717, 1.165) is 38.5 Å². The number of unbranched alkanes of at least 4 members (excludes halogenated alkanes) is 24. The van der Waals surface area contributed by atoms with Crippen molar-refractivity contribution in [1.82, 2.24) is 0 Å². The molecule has 0 saturated heterocycles. The van der Waals surface area contributed by atoms with E-state index in [1.54, 1.807) is 0 Å². The first-order valence-electron chi connectivity index (χ1n) is 20.1. The lowest BCUT2D eigenvalue weighted by Gasteiger charge is -2.20. The third-order valence-electron chi connectivity index (χ3n) is 8.86. The smallest absolute Gasteiger partial charge is 0.472 e. The van der Waals surface area contributed by atoms with E-state index in [9.17, 15) is 23.8 Å².